The molecule has 7 nitrogen and oxygen atoms in total. The molecule has 1 aromatic carbocycles. The first kappa shape index (κ1) is 20.0. The lowest BCUT2D eigenvalue weighted by Crippen LogP contribution is -2.45. The Bertz CT molecular complexity index is 976. The van der Waals surface area contributed by atoms with Gasteiger partial charge < -0.3 is 10.1 Å². The highest BCUT2D eigenvalue weighted by Crippen LogP contribution is 2.31. The number of aryl methyl sites for hydroxylation is 1. The van der Waals surface area contributed by atoms with Crippen LogP contribution in [0.15, 0.2) is 30.6 Å². The van der Waals surface area contributed by atoms with Crippen LogP contribution in [-0.4, -0.2) is 56.8 Å². The molecule has 3 aromatic rings. The number of hydrogen-bond donors (Lipinski definition) is 1. The van der Waals surface area contributed by atoms with Crippen LogP contribution in [0.5, 0.6) is 0 Å². The minimum atomic E-state index is -0.307. The number of anilines is 1. The standard InChI is InChI=1S/C20H24ClFN6O/c1-3-14-9-18(28-20(26-14)24-12-25-28)23-10-17(27-7-8-29-13(2)11-27)19-15(21)5-4-6-16(19)22/h4-6,9,12-13,17,23H,3,7-8,10-11H2,1-2H3. The third-order valence-electron chi connectivity index (χ3n) is 5.19. The van der Waals surface area contributed by atoms with Gasteiger partial charge in [-0.05, 0) is 25.5 Å². The first-order valence-electron chi connectivity index (χ1n) is 9.80. The highest BCUT2D eigenvalue weighted by Gasteiger charge is 2.29. The summed E-state index contributed by atoms with van der Waals surface area (Å²) in [5.41, 5.74) is 1.41. The number of nitrogens with one attached hydrogen (secondary N) is 1. The van der Waals surface area contributed by atoms with Gasteiger partial charge in [0, 0.05) is 42.0 Å². The fourth-order valence-electron chi connectivity index (χ4n) is 3.74. The van der Waals surface area contributed by atoms with E-state index in [-0.39, 0.29) is 18.0 Å². The second kappa shape index (κ2) is 8.61. The molecule has 1 fully saturated rings. The van der Waals surface area contributed by atoms with E-state index in [2.05, 4.69) is 25.3 Å². The first-order valence-corrected chi connectivity index (χ1v) is 10.2. The Balaban J connectivity index is 1.67. The van der Waals surface area contributed by atoms with Crippen molar-refractivity contribution in [2.45, 2.75) is 32.4 Å². The van der Waals surface area contributed by atoms with Crippen molar-refractivity contribution in [2.24, 2.45) is 0 Å². The van der Waals surface area contributed by atoms with Crippen LogP contribution in [0, 0.1) is 5.82 Å². The number of nitrogens with zero attached hydrogens (tertiary/aromatic N) is 5. The Hall–Kier alpha value is -2.29. The van der Waals surface area contributed by atoms with E-state index in [1.54, 1.807) is 16.6 Å². The van der Waals surface area contributed by atoms with Gasteiger partial charge in [-0.1, -0.05) is 24.6 Å². The van der Waals surface area contributed by atoms with Gasteiger partial charge in [-0.3, -0.25) is 4.90 Å². The van der Waals surface area contributed by atoms with Gasteiger partial charge in [0.1, 0.15) is 18.0 Å². The number of benzene rings is 1. The summed E-state index contributed by atoms with van der Waals surface area (Å²) in [7, 11) is 0. The number of ether oxygens (including phenoxy) is 1. The molecule has 0 aliphatic carbocycles. The summed E-state index contributed by atoms with van der Waals surface area (Å²) < 4.78 is 22.1. The summed E-state index contributed by atoms with van der Waals surface area (Å²) in [6.07, 6.45) is 2.33. The molecule has 154 valence electrons. The summed E-state index contributed by atoms with van der Waals surface area (Å²) in [4.78, 5) is 10.9. The average molecular weight is 419 g/mol. The van der Waals surface area contributed by atoms with Crippen molar-refractivity contribution >= 4 is 23.2 Å². The highest BCUT2D eigenvalue weighted by molar-refractivity contribution is 6.31. The van der Waals surface area contributed by atoms with Gasteiger partial charge in [0.25, 0.3) is 5.78 Å². The van der Waals surface area contributed by atoms with Gasteiger partial charge in [-0.15, -0.1) is 0 Å². The fourth-order valence-corrected chi connectivity index (χ4v) is 4.03. The molecular formula is C20H24ClFN6O. The maximum Gasteiger partial charge on any atom is 0.254 e. The van der Waals surface area contributed by atoms with Crippen LogP contribution in [0.3, 0.4) is 0 Å². The zero-order valence-electron chi connectivity index (χ0n) is 16.5. The molecule has 0 amide bonds. The molecule has 2 unspecified atom stereocenters. The van der Waals surface area contributed by atoms with E-state index in [1.165, 1.54) is 12.4 Å². The first-order chi connectivity index (χ1) is 14.1. The smallest absolute Gasteiger partial charge is 0.254 e. The third kappa shape index (κ3) is 4.19. The molecular weight excluding hydrogens is 395 g/mol. The maximum absolute atomic E-state index is 14.8. The molecule has 0 bridgehead atoms. The largest absolute Gasteiger partial charge is 0.376 e. The Morgan fingerprint density at radius 1 is 1.41 bits per heavy atom. The number of halogens is 2. The predicted octanol–water partition coefficient (Wildman–Crippen LogP) is 3.35. The number of fused-ring (bicyclic) bond motifs is 1. The van der Waals surface area contributed by atoms with Crippen LogP contribution in [0.2, 0.25) is 5.02 Å². The molecule has 0 radical (unpaired) electrons. The second-order valence-corrected chi connectivity index (χ2v) is 7.57. The van der Waals surface area contributed by atoms with Crippen molar-refractivity contribution in [3.63, 3.8) is 0 Å². The molecule has 0 spiro atoms. The minimum Gasteiger partial charge on any atom is -0.376 e. The van der Waals surface area contributed by atoms with Crippen molar-refractivity contribution < 1.29 is 9.13 Å². The number of morpholine rings is 1. The lowest BCUT2D eigenvalue weighted by atomic mass is 10.0. The third-order valence-corrected chi connectivity index (χ3v) is 5.52. The van der Waals surface area contributed by atoms with Crippen molar-refractivity contribution in [3.05, 3.63) is 52.7 Å². The van der Waals surface area contributed by atoms with E-state index in [4.69, 9.17) is 16.3 Å². The Morgan fingerprint density at radius 2 is 2.28 bits per heavy atom. The SMILES string of the molecule is CCc1cc(NCC(c2c(F)cccc2Cl)N2CCOC(C)C2)n2ncnc2n1. The van der Waals surface area contributed by atoms with E-state index >= 15 is 0 Å². The quantitative estimate of drug-likeness (QED) is 0.662. The highest BCUT2D eigenvalue weighted by atomic mass is 35.5. The van der Waals surface area contributed by atoms with E-state index in [1.807, 2.05) is 19.9 Å². The van der Waals surface area contributed by atoms with Gasteiger partial charge in [0.2, 0.25) is 0 Å². The molecule has 9 heteroatoms. The summed E-state index contributed by atoms with van der Waals surface area (Å²) in [5.74, 6) is 0.994. The Kier molecular flexibility index (Phi) is 5.94. The summed E-state index contributed by atoms with van der Waals surface area (Å²) in [6.45, 7) is 6.52. The minimum absolute atomic E-state index is 0.0754. The van der Waals surface area contributed by atoms with Crippen LogP contribution in [0.4, 0.5) is 10.2 Å². The zero-order valence-corrected chi connectivity index (χ0v) is 17.2. The van der Waals surface area contributed by atoms with Crippen LogP contribution in [-0.2, 0) is 11.2 Å². The monoisotopic (exact) mass is 418 g/mol. The second-order valence-electron chi connectivity index (χ2n) is 7.17. The number of hydrogen-bond acceptors (Lipinski definition) is 6. The zero-order chi connectivity index (χ0) is 20.4. The molecule has 1 saturated heterocycles. The molecule has 0 saturated carbocycles. The van der Waals surface area contributed by atoms with Crippen LogP contribution in [0.1, 0.15) is 31.1 Å². The normalized spacial score (nSPS) is 18.8. The molecule has 4 rings (SSSR count). The van der Waals surface area contributed by atoms with Crippen molar-refractivity contribution in [1.29, 1.82) is 0 Å². The molecule has 2 atom stereocenters. The van der Waals surface area contributed by atoms with Gasteiger partial charge in [-0.25, -0.2) is 9.37 Å². The molecule has 1 aliphatic rings. The summed E-state index contributed by atoms with van der Waals surface area (Å²) in [5, 5.41) is 8.10. The summed E-state index contributed by atoms with van der Waals surface area (Å²) >= 11 is 6.42. The molecule has 3 heterocycles. The average Bonchev–Trinajstić information content (AvgIpc) is 3.18. The van der Waals surface area contributed by atoms with Gasteiger partial charge >= 0.3 is 0 Å². The molecule has 1 N–H and O–H groups in total. The fraction of sp³-hybridized carbons (Fsp3) is 0.450. The lowest BCUT2D eigenvalue weighted by molar-refractivity contribution is -0.0331. The van der Waals surface area contributed by atoms with Gasteiger partial charge in [0.05, 0.1) is 18.8 Å². The molecule has 29 heavy (non-hydrogen) atoms. The topological polar surface area (TPSA) is 67.6 Å². The van der Waals surface area contributed by atoms with Gasteiger partial charge in [0.15, 0.2) is 0 Å². The van der Waals surface area contributed by atoms with E-state index in [0.717, 1.165) is 17.9 Å². The maximum atomic E-state index is 14.8. The van der Waals surface area contributed by atoms with Crippen molar-refractivity contribution in [2.75, 3.05) is 31.6 Å². The Labute approximate surface area is 173 Å². The number of aromatic nitrogens is 4. The predicted molar refractivity (Wildman–Crippen MR) is 110 cm³/mol. The Morgan fingerprint density at radius 3 is 3.03 bits per heavy atom. The molecule has 1 aliphatic heterocycles. The lowest BCUT2D eigenvalue weighted by Gasteiger charge is -2.38. The van der Waals surface area contributed by atoms with Crippen molar-refractivity contribution in [1.82, 2.24) is 24.5 Å². The van der Waals surface area contributed by atoms with Crippen molar-refractivity contribution in [3.8, 4) is 0 Å². The summed E-state index contributed by atoms with van der Waals surface area (Å²) in [6, 6.07) is 6.50. The molecule has 2 aromatic heterocycles. The van der Waals surface area contributed by atoms with E-state index in [0.29, 0.717) is 42.6 Å². The van der Waals surface area contributed by atoms with E-state index in [9.17, 15) is 4.39 Å². The number of rotatable bonds is 6. The van der Waals surface area contributed by atoms with E-state index < -0.39 is 0 Å². The van der Waals surface area contributed by atoms with Crippen LogP contribution >= 0.6 is 11.6 Å². The van der Waals surface area contributed by atoms with Crippen LogP contribution in [0.25, 0.3) is 5.78 Å². The van der Waals surface area contributed by atoms with Crippen LogP contribution < -0.4 is 5.32 Å². The van der Waals surface area contributed by atoms with Gasteiger partial charge in [-0.2, -0.15) is 14.6 Å².